The molecule has 33 heavy (non-hydrogen) atoms. The number of unbranched alkanes of at least 4 members (excludes halogenated alkanes) is 1. The second-order valence-corrected chi connectivity index (χ2v) is 9.02. The predicted molar refractivity (Wildman–Crippen MR) is 135 cm³/mol. The first-order valence-corrected chi connectivity index (χ1v) is 12.0. The van der Waals surface area contributed by atoms with Gasteiger partial charge in [0.25, 0.3) is 0 Å². The number of nitrogens with one attached hydrogen (secondary N) is 2. The summed E-state index contributed by atoms with van der Waals surface area (Å²) in [5.74, 6) is 0. The smallest absolute Gasteiger partial charge is 0.391 e. The van der Waals surface area contributed by atoms with Crippen molar-refractivity contribution in [2.24, 2.45) is 0 Å². The van der Waals surface area contributed by atoms with E-state index >= 15 is 0 Å². The molecule has 0 spiro atoms. The molecule has 8 heteroatoms. The minimum atomic E-state index is -4.31. The largest absolute Gasteiger partial charge is 0.416 e. The van der Waals surface area contributed by atoms with Crippen LogP contribution in [0.2, 0.25) is 0 Å². The second kappa shape index (κ2) is 13.4. The molecular weight excluding hydrogens is 445 g/mol. The average molecular weight is 481 g/mol. The van der Waals surface area contributed by atoms with Crippen molar-refractivity contribution in [2.45, 2.75) is 37.8 Å². The highest BCUT2D eigenvalue weighted by molar-refractivity contribution is 7.97. The molecule has 4 nitrogen and oxygen atoms in total. The van der Waals surface area contributed by atoms with Crippen molar-refractivity contribution < 1.29 is 13.2 Å². The van der Waals surface area contributed by atoms with Crippen molar-refractivity contribution in [3.8, 4) is 0 Å². The van der Waals surface area contributed by atoms with E-state index in [2.05, 4.69) is 40.6 Å². The van der Waals surface area contributed by atoms with Crippen LogP contribution in [0.5, 0.6) is 0 Å². The third-order valence-corrected chi connectivity index (χ3v) is 6.30. The van der Waals surface area contributed by atoms with Crippen molar-refractivity contribution >= 4 is 23.3 Å². The van der Waals surface area contributed by atoms with Gasteiger partial charge in [0.2, 0.25) is 0 Å². The fourth-order valence-electron chi connectivity index (χ4n) is 3.36. The first-order valence-electron chi connectivity index (χ1n) is 11.3. The number of alkyl halides is 3. The highest BCUT2D eigenvalue weighted by atomic mass is 32.2. The molecule has 1 fully saturated rings. The molecule has 2 N–H and O–H groups in total. The Morgan fingerprint density at radius 1 is 1.06 bits per heavy atom. The van der Waals surface area contributed by atoms with Crippen LogP contribution in [0.3, 0.4) is 0 Å². The Labute approximate surface area is 200 Å². The van der Waals surface area contributed by atoms with E-state index in [1.165, 1.54) is 25.0 Å². The molecule has 0 unspecified atom stereocenters. The maximum atomic E-state index is 13.0. The van der Waals surface area contributed by atoms with Crippen molar-refractivity contribution in [2.75, 3.05) is 50.0 Å². The van der Waals surface area contributed by atoms with E-state index in [-0.39, 0.29) is 0 Å². The van der Waals surface area contributed by atoms with E-state index in [9.17, 15) is 13.2 Å². The fourth-order valence-corrected chi connectivity index (χ4v) is 4.26. The number of aryl methyl sites for hydroxylation is 1. The molecule has 0 atom stereocenters. The highest BCUT2D eigenvalue weighted by Gasteiger charge is 2.31. The van der Waals surface area contributed by atoms with Crippen LogP contribution in [0.4, 0.5) is 24.5 Å². The molecule has 0 radical (unpaired) electrons. The lowest BCUT2D eigenvalue weighted by molar-refractivity contribution is -0.137. The quantitative estimate of drug-likeness (QED) is 0.337. The highest BCUT2D eigenvalue weighted by Crippen LogP contribution is 2.33. The van der Waals surface area contributed by atoms with E-state index in [0.717, 1.165) is 30.2 Å². The third kappa shape index (κ3) is 9.21. The van der Waals surface area contributed by atoms with Crippen molar-refractivity contribution in [1.29, 1.82) is 0 Å². The number of hydrogen-bond donors (Lipinski definition) is 2. The van der Waals surface area contributed by atoms with E-state index in [1.807, 2.05) is 30.1 Å². The van der Waals surface area contributed by atoms with Gasteiger partial charge in [-0.3, -0.25) is 0 Å². The Bertz CT molecular complexity index is 848. The molecular formula is C25H35F3N4S. The minimum Gasteiger partial charge on any atom is -0.391 e. The van der Waals surface area contributed by atoms with Crippen LogP contribution in [0, 0.1) is 6.92 Å². The van der Waals surface area contributed by atoms with E-state index in [4.69, 9.17) is 0 Å². The Balaban J connectivity index is 0.000000479. The monoisotopic (exact) mass is 480 g/mol. The molecule has 2 aromatic carbocycles. The molecule has 0 bridgehead atoms. The Morgan fingerprint density at radius 3 is 2.27 bits per heavy atom. The molecule has 182 valence electrons. The number of nitrogens with zero attached hydrogens (tertiary/aromatic N) is 2. The molecule has 0 aliphatic carbocycles. The molecule has 1 aliphatic rings. The van der Waals surface area contributed by atoms with Crippen LogP contribution in [-0.2, 0) is 6.18 Å². The summed E-state index contributed by atoms with van der Waals surface area (Å²) in [5, 5.41) is 6.10. The molecule has 2 aromatic rings. The standard InChI is InChI=1S/C19H22F3N3S.C6H13N/c1-14-11-15(19(20,21)22)13-17(12-14)24-7-9-25(10-8-24)26-18-5-3-16(23-2)4-6-18;1-3-5-6-7-4-2/h3-6,11-13,23H,7-10H2,1-2H3;4,7H,2-3,5-6H2,1H3. The normalized spacial score (nSPS) is 14.3. The zero-order chi connectivity index (χ0) is 24.3. The maximum Gasteiger partial charge on any atom is 0.416 e. The van der Waals surface area contributed by atoms with Gasteiger partial charge in [0.05, 0.1) is 5.56 Å². The summed E-state index contributed by atoms with van der Waals surface area (Å²) in [6.07, 6.45) is -0.0829. The van der Waals surface area contributed by atoms with Crippen LogP contribution in [0.1, 0.15) is 30.9 Å². The van der Waals surface area contributed by atoms with E-state index in [0.29, 0.717) is 24.3 Å². The van der Waals surface area contributed by atoms with Gasteiger partial charge in [-0.15, -0.1) is 0 Å². The number of hydrogen-bond acceptors (Lipinski definition) is 5. The maximum absolute atomic E-state index is 13.0. The lowest BCUT2D eigenvalue weighted by Crippen LogP contribution is -2.43. The van der Waals surface area contributed by atoms with Gasteiger partial charge in [0, 0.05) is 56.0 Å². The van der Waals surface area contributed by atoms with Gasteiger partial charge in [0.15, 0.2) is 0 Å². The van der Waals surface area contributed by atoms with Crippen molar-refractivity contribution in [3.63, 3.8) is 0 Å². The summed E-state index contributed by atoms with van der Waals surface area (Å²) in [5.41, 5.74) is 1.78. The zero-order valence-electron chi connectivity index (χ0n) is 19.7. The van der Waals surface area contributed by atoms with Crippen LogP contribution >= 0.6 is 11.9 Å². The number of rotatable bonds is 8. The minimum absolute atomic E-state index is 0.575. The fraction of sp³-hybridized carbons (Fsp3) is 0.440. The Hall–Kier alpha value is -2.32. The third-order valence-electron chi connectivity index (χ3n) is 5.19. The zero-order valence-corrected chi connectivity index (χ0v) is 20.5. The van der Waals surface area contributed by atoms with E-state index in [1.54, 1.807) is 25.1 Å². The van der Waals surface area contributed by atoms with E-state index < -0.39 is 11.7 Å². The number of anilines is 2. The van der Waals surface area contributed by atoms with Crippen LogP contribution in [0.15, 0.2) is 60.1 Å². The van der Waals surface area contributed by atoms with Gasteiger partial charge in [0.1, 0.15) is 0 Å². The molecule has 1 saturated heterocycles. The summed E-state index contributed by atoms with van der Waals surface area (Å²) in [4.78, 5) is 3.19. The van der Waals surface area contributed by atoms with Gasteiger partial charge >= 0.3 is 6.18 Å². The first kappa shape index (κ1) is 26.9. The molecule has 3 rings (SSSR count). The summed E-state index contributed by atoms with van der Waals surface area (Å²) < 4.78 is 41.4. The van der Waals surface area contributed by atoms with Gasteiger partial charge in [-0.05, 0) is 79.5 Å². The van der Waals surface area contributed by atoms with Gasteiger partial charge < -0.3 is 15.5 Å². The lowest BCUT2D eigenvalue weighted by atomic mass is 10.1. The molecule has 0 amide bonds. The molecule has 0 saturated carbocycles. The SMILES string of the molecule is C=CNCCCC.CNc1ccc(SN2CCN(c3cc(C)cc(C(F)(F)F)c3)CC2)cc1. The summed E-state index contributed by atoms with van der Waals surface area (Å²) in [7, 11) is 1.89. The van der Waals surface area contributed by atoms with Crippen molar-refractivity contribution in [1.82, 2.24) is 9.62 Å². The number of piperazine rings is 1. The lowest BCUT2D eigenvalue weighted by Gasteiger charge is -2.35. The van der Waals surface area contributed by atoms with Gasteiger partial charge in [-0.1, -0.05) is 19.9 Å². The first-order chi connectivity index (χ1) is 15.8. The molecule has 0 aromatic heterocycles. The average Bonchev–Trinajstić information content (AvgIpc) is 2.80. The summed E-state index contributed by atoms with van der Waals surface area (Å²) in [6, 6.07) is 12.5. The number of halogens is 3. The van der Waals surface area contributed by atoms with Crippen LogP contribution in [-0.4, -0.2) is 44.1 Å². The topological polar surface area (TPSA) is 30.5 Å². The molecule has 1 heterocycles. The Kier molecular flexibility index (Phi) is 10.9. The van der Waals surface area contributed by atoms with Crippen molar-refractivity contribution in [3.05, 3.63) is 66.4 Å². The second-order valence-electron chi connectivity index (χ2n) is 7.85. The predicted octanol–water partition coefficient (Wildman–Crippen LogP) is 6.40. The number of benzene rings is 2. The van der Waals surface area contributed by atoms with Gasteiger partial charge in [-0.25, -0.2) is 4.31 Å². The molecule has 1 aliphatic heterocycles. The van der Waals surface area contributed by atoms with Gasteiger partial charge in [-0.2, -0.15) is 13.2 Å². The van der Waals surface area contributed by atoms with Crippen LogP contribution in [0.25, 0.3) is 0 Å². The van der Waals surface area contributed by atoms with Crippen LogP contribution < -0.4 is 15.5 Å². The summed E-state index contributed by atoms with van der Waals surface area (Å²) >= 11 is 1.69. The Morgan fingerprint density at radius 2 is 1.73 bits per heavy atom. The summed E-state index contributed by atoms with van der Waals surface area (Å²) in [6.45, 7) is 11.5.